The molecule has 0 unspecified atom stereocenters. The minimum absolute atomic E-state index is 0.0532. The lowest BCUT2D eigenvalue weighted by Crippen LogP contribution is -2.44. The zero-order chi connectivity index (χ0) is 20.9. The summed E-state index contributed by atoms with van der Waals surface area (Å²) in [5, 5.41) is 15.9. The van der Waals surface area contributed by atoms with E-state index in [-0.39, 0.29) is 11.4 Å². The summed E-state index contributed by atoms with van der Waals surface area (Å²) >= 11 is 1.87. The van der Waals surface area contributed by atoms with Crippen LogP contribution in [0.3, 0.4) is 0 Å². The van der Waals surface area contributed by atoms with Gasteiger partial charge in [-0.15, -0.1) is 0 Å². The van der Waals surface area contributed by atoms with Crippen molar-refractivity contribution in [3.63, 3.8) is 0 Å². The summed E-state index contributed by atoms with van der Waals surface area (Å²) in [4.78, 5) is 6.25. The van der Waals surface area contributed by atoms with Crippen LogP contribution in [0.1, 0.15) is 34.7 Å². The van der Waals surface area contributed by atoms with Crippen LogP contribution in [0.15, 0.2) is 24.4 Å². The van der Waals surface area contributed by atoms with Crippen LogP contribution >= 0.6 is 11.8 Å². The Bertz CT molecular complexity index is 1030. The predicted molar refractivity (Wildman–Crippen MR) is 111 cm³/mol. The van der Waals surface area contributed by atoms with Crippen molar-refractivity contribution in [2.75, 3.05) is 35.6 Å². The largest absolute Gasteiger partial charge is 0.417 e. The maximum Gasteiger partial charge on any atom is 0.417 e. The molecule has 0 amide bonds. The fourth-order valence-electron chi connectivity index (χ4n) is 4.82. The number of nitrogens with one attached hydrogen (secondary N) is 2. The van der Waals surface area contributed by atoms with Crippen molar-refractivity contribution in [3.8, 4) is 6.07 Å². The Balaban J connectivity index is 1.57. The number of pyridine rings is 1. The number of rotatable bonds is 2. The monoisotopic (exact) mass is 431 g/mol. The molecule has 1 saturated heterocycles. The summed E-state index contributed by atoms with van der Waals surface area (Å²) in [5.74, 6) is 2.30. The van der Waals surface area contributed by atoms with Crippen LogP contribution in [0, 0.1) is 11.3 Å². The van der Waals surface area contributed by atoms with Gasteiger partial charge in [-0.05, 0) is 42.3 Å². The number of benzene rings is 1. The van der Waals surface area contributed by atoms with E-state index in [1.54, 1.807) is 0 Å². The van der Waals surface area contributed by atoms with E-state index in [0.29, 0.717) is 23.8 Å². The third kappa shape index (κ3) is 3.28. The highest BCUT2D eigenvalue weighted by atomic mass is 32.2. The molecule has 30 heavy (non-hydrogen) atoms. The molecule has 0 saturated carbocycles. The van der Waals surface area contributed by atoms with Crippen LogP contribution in [0.5, 0.6) is 0 Å². The number of hydrogen-bond donors (Lipinski definition) is 2. The highest BCUT2D eigenvalue weighted by molar-refractivity contribution is 7.98. The molecule has 4 heterocycles. The van der Waals surface area contributed by atoms with Crippen LogP contribution in [0.4, 0.5) is 30.2 Å². The molecule has 2 N–H and O–H groups in total. The minimum Gasteiger partial charge on any atom is -0.367 e. The number of hydrogen-bond acceptors (Lipinski definition) is 6. The molecule has 5 nitrogen and oxygen atoms in total. The molecular weight excluding hydrogens is 411 g/mol. The number of halogens is 3. The summed E-state index contributed by atoms with van der Waals surface area (Å²) in [5.41, 5.74) is 3.60. The molecule has 9 heteroatoms. The molecule has 3 aliphatic rings. The lowest BCUT2D eigenvalue weighted by Gasteiger charge is -2.33. The molecule has 0 radical (unpaired) electrons. The second-order valence-electron chi connectivity index (χ2n) is 7.84. The Morgan fingerprint density at radius 1 is 1.30 bits per heavy atom. The first kappa shape index (κ1) is 19.5. The second-order valence-corrected chi connectivity index (χ2v) is 8.95. The average molecular weight is 431 g/mol. The number of nitrogens with zero attached hydrogens (tertiary/aromatic N) is 3. The van der Waals surface area contributed by atoms with Gasteiger partial charge in [-0.25, -0.2) is 4.98 Å². The van der Waals surface area contributed by atoms with E-state index in [1.807, 2.05) is 30.0 Å². The van der Waals surface area contributed by atoms with Gasteiger partial charge in [-0.1, -0.05) is 0 Å². The molecule has 2 atom stereocenters. The third-order valence-electron chi connectivity index (χ3n) is 6.08. The van der Waals surface area contributed by atoms with Gasteiger partial charge in [-0.3, -0.25) is 0 Å². The zero-order valence-electron chi connectivity index (χ0n) is 16.1. The summed E-state index contributed by atoms with van der Waals surface area (Å²) < 4.78 is 39.5. The van der Waals surface area contributed by atoms with Crippen molar-refractivity contribution in [1.29, 1.82) is 5.26 Å². The Morgan fingerprint density at radius 3 is 2.97 bits per heavy atom. The van der Waals surface area contributed by atoms with Crippen molar-refractivity contribution in [3.05, 3.63) is 46.8 Å². The molecule has 1 fully saturated rings. The fraction of sp³-hybridized carbons (Fsp3) is 0.429. The third-order valence-corrected chi connectivity index (χ3v) is 7.07. The molecule has 0 spiro atoms. The number of alkyl halides is 3. The maximum absolute atomic E-state index is 13.2. The van der Waals surface area contributed by atoms with Crippen LogP contribution < -0.4 is 15.5 Å². The first-order valence-electron chi connectivity index (χ1n) is 9.92. The Kier molecular flexibility index (Phi) is 4.79. The van der Waals surface area contributed by atoms with E-state index >= 15 is 0 Å². The number of thioether (sulfide) groups is 1. The Morgan fingerprint density at radius 2 is 2.17 bits per heavy atom. The summed E-state index contributed by atoms with van der Waals surface area (Å²) in [7, 11) is 0. The van der Waals surface area contributed by atoms with Crippen LogP contribution in [0.25, 0.3) is 0 Å². The summed E-state index contributed by atoms with van der Waals surface area (Å²) in [6, 6.07) is 7.37. The molecular formula is C21H20F3N5S. The van der Waals surface area contributed by atoms with Crippen molar-refractivity contribution < 1.29 is 13.2 Å². The molecule has 3 aliphatic heterocycles. The lowest BCUT2D eigenvalue weighted by molar-refractivity contribution is -0.137. The van der Waals surface area contributed by atoms with Crippen LogP contribution in [-0.4, -0.2) is 36.4 Å². The smallest absolute Gasteiger partial charge is 0.367 e. The van der Waals surface area contributed by atoms with Crippen molar-refractivity contribution in [1.82, 2.24) is 10.3 Å². The van der Waals surface area contributed by atoms with E-state index in [1.165, 1.54) is 16.8 Å². The van der Waals surface area contributed by atoms with Gasteiger partial charge in [0.2, 0.25) is 0 Å². The van der Waals surface area contributed by atoms with E-state index in [2.05, 4.69) is 20.5 Å². The molecule has 0 bridgehead atoms. The maximum atomic E-state index is 13.2. The van der Waals surface area contributed by atoms with Gasteiger partial charge in [0.15, 0.2) is 5.69 Å². The van der Waals surface area contributed by atoms with Crippen molar-refractivity contribution >= 4 is 28.8 Å². The minimum atomic E-state index is -4.52. The predicted octanol–water partition coefficient (Wildman–Crippen LogP) is 4.23. The van der Waals surface area contributed by atoms with Gasteiger partial charge in [0, 0.05) is 54.1 Å². The second kappa shape index (κ2) is 7.36. The van der Waals surface area contributed by atoms with Crippen LogP contribution in [0.2, 0.25) is 0 Å². The lowest BCUT2D eigenvalue weighted by atomic mass is 9.89. The normalized spacial score (nSPS) is 22.7. The van der Waals surface area contributed by atoms with Crippen LogP contribution in [-0.2, 0) is 11.9 Å². The first-order chi connectivity index (χ1) is 14.5. The number of anilines is 3. The first-order valence-corrected chi connectivity index (χ1v) is 11.1. The number of piperidine rings is 1. The van der Waals surface area contributed by atoms with Gasteiger partial charge in [0.25, 0.3) is 0 Å². The number of fused-ring (bicyclic) bond motifs is 3. The molecule has 1 aromatic carbocycles. The van der Waals surface area contributed by atoms with E-state index in [9.17, 15) is 18.4 Å². The van der Waals surface area contributed by atoms with E-state index in [4.69, 9.17) is 0 Å². The standard InChI is InChI=1S/C21H20F3N5S/c22-21(23,24)13-6-17(18(8-25)27-9-13)28-14-5-12-11-30-4-3-29-19-1-2-26-10-16(19)15(7-14)20(12)29/h5-7,9,16,19,26,28H,1-4,10-11H2/t16-,19-/m0/s1. The van der Waals surface area contributed by atoms with E-state index in [0.717, 1.165) is 43.6 Å². The van der Waals surface area contributed by atoms with Gasteiger partial charge < -0.3 is 15.5 Å². The summed E-state index contributed by atoms with van der Waals surface area (Å²) in [6.45, 7) is 2.92. The Hall–Kier alpha value is -2.44. The van der Waals surface area contributed by atoms with Gasteiger partial charge >= 0.3 is 6.18 Å². The number of aromatic nitrogens is 1. The van der Waals surface area contributed by atoms with E-state index < -0.39 is 11.7 Å². The Labute approximate surface area is 176 Å². The number of nitriles is 1. The molecule has 1 aromatic heterocycles. The highest BCUT2D eigenvalue weighted by Gasteiger charge is 2.41. The topological polar surface area (TPSA) is 64.0 Å². The molecule has 156 valence electrons. The zero-order valence-corrected chi connectivity index (χ0v) is 16.9. The average Bonchev–Trinajstić information content (AvgIpc) is 2.89. The highest BCUT2D eigenvalue weighted by Crippen LogP contribution is 2.49. The quantitative estimate of drug-likeness (QED) is 0.742. The molecule has 2 aromatic rings. The molecule has 0 aliphatic carbocycles. The van der Waals surface area contributed by atoms with Crippen molar-refractivity contribution in [2.24, 2.45) is 0 Å². The van der Waals surface area contributed by atoms with Crippen molar-refractivity contribution in [2.45, 2.75) is 30.3 Å². The van der Waals surface area contributed by atoms with Gasteiger partial charge in [0.1, 0.15) is 6.07 Å². The fourth-order valence-corrected chi connectivity index (χ4v) is 5.73. The van der Waals surface area contributed by atoms with Gasteiger partial charge in [-0.2, -0.15) is 30.2 Å². The summed E-state index contributed by atoms with van der Waals surface area (Å²) in [6.07, 6.45) is -2.73. The van der Waals surface area contributed by atoms with Gasteiger partial charge in [0.05, 0.1) is 11.3 Å². The SMILES string of the molecule is N#Cc1ncc(C(F)(F)F)cc1Nc1cc2c3c(c1)[C@@H]1CNCC[C@@H]1N3CCSC2. The molecule has 5 rings (SSSR count).